The smallest absolute Gasteiger partial charge is 0.269 e. The van der Waals surface area contributed by atoms with Crippen molar-refractivity contribution in [1.82, 2.24) is 19.8 Å². The predicted molar refractivity (Wildman–Crippen MR) is 118 cm³/mol. The van der Waals surface area contributed by atoms with Crippen molar-refractivity contribution >= 4 is 5.91 Å². The number of aliphatic hydroxyl groups excluding tert-OH is 1. The van der Waals surface area contributed by atoms with Crippen LogP contribution in [0.5, 0.6) is 5.75 Å². The van der Waals surface area contributed by atoms with Crippen LogP contribution in [0.3, 0.4) is 0 Å². The van der Waals surface area contributed by atoms with Crippen molar-refractivity contribution in [3.8, 4) is 5.75 Å². The summed E-state index contributed by atoms with van der Waals surface area (Å²) in [6.07, 6.45) is 1.96. The summed E-state index contributed by atoms with van der Waals surface area (Å²) in [4.78, 5) is 18.9. The molecule has 168 valence electrons. The molecule has 1 aliphatic rings. The first-order valence-corrected chi connectivity index (χ1v) is 10.5. The summed E-state index contributed by atoms with van der Waals surface area (Å²) in [5.74, 6) is -0.336. The van der Waals surface area contributed by atoms with Crippen LogP contribution in [0.15, 0.2) is 67.1 Å². The van der Waals surface area contributed by atoms with Gasteiger partial charge in [0.15, 0.2) is 0 Å². The van der Waals surface area contributed by atoms with Gasteiger partial charge in [-0.1, -0.05) is 36.4 Å². The number of amides is 1. The van der Waals surface area contributed by atoms with Crippen molar-refractivity contribution < 1.29 is 19.0 Å². The van der Waals surface area contributed by atoms with E-state index in [0.717, 1.165) is 5.56 Å². The van der Waals surface area contributed by atoms with Crippen LogP contribution >= 0.6 is 0 Å². The molecule has 0 radical (unpaired) electrons. The first-order valence-electron chi connectivity index (χ1n) is 10.5. The molecule has 1 fully saturated rings. The Hall–Kier alpha value is -3.23. The lowest BCUT2D eigenvalue weighted by molar-refractivity contribution is 0.0124. The number of rotatable bonds is 7. The Kier molecular flexibility index (Phi) is 6.53. The van der Waals surface area contributed by atoms with Crippen LogP contribution in [-0.2, 0) is 13.6 Å². The topological polar surface area (TPSA) is 79.6 Å². The highest BCUT2D eigenvalue weighted by molar-refractivity contribution is 5.92. The van der Waals surface area contributed by atoms with Gasteiger partial charge < -0.3 is 19.7 Å². The second kappa shape index (κ2) is 9.50. The van der Waals surface area contributed by atoms with Crippen molar-refractivity contribution in [3.05, 3.63) is 84.2 Å². The Morgan fingerprint density at radius 1 is 1.28 bits per heavy atom. The summed E-state index contributed by atoms with van der Waals surface area (Å²) < 4.78 is 21.2. The first kappa shape index (κ1) is 22.0. The lowest BCUT2D eigenvalue weighted by atomic mass is 10.1. The highest BCUT2D eigenvalue weighted by atomic mass is 19.1. The molecule has 1 heterocycles. The predicted octanol–water partition coefficient (Wildman–Crippen LogP) is 2.37. The third kappa shape index (κ3) is 4.81. The van der Waals surface area contributed by atoms with Crippen LogP contribution in [0.25, 0.3) is 0 Å². The molecule has 2 aromatic carbocycles. The van der Waals surface area contributed by atoms with E-state index in [1.807, 2.05) is 42.3 Å². The number of nitrogens with zero attached hydrogens (tertiary/aromatic N) is 3. The number of hydrogen-bond acceptors (Lipinski definition) is 5. The Labute approximate surface area is 186 Å². The van der Waals surface area contributed by atoms with Crippen LogP contribution in [0, 0.1) is 5.82 Å². The number of aromatic nitrogens is 2. The summed E-state index contributed by atoms with van der Waals surface area (Å²) in [6.45, 7) is 0.591. The minimum Gasteiger partial charge on any atom is -0.487 e. The van der Waals surface area contributed by atoms with Crippen LogP contribution in [-0.4, -0.2) is 56.8 Å². The van der Waals surface area contributed by atoms with E-state index in [1.165, 1.54) is 18.3 Å². The summed E-state index contributed by atoms with van der Waals surface area (Å²) in [5.41, 5.74) is 1.52. The number of halogens is 1. The Morgan fingerprint density at radius 2 is 2.06 bits per heavy atom. The second-order valence-corrected chi connectivity index (χ2v) is 8.20. The van der Waals surface area contributed by atoms with E-state index in [9.17, 15) is 14.3 Å². The molecule has 1 amide bonds. The molecular weight excluding hydrogens is 411 g/mol. The number of hydrogen-bond donors (Lipinski definition) is 2. The Balaban J connectivity index is 1.55. The van der Waals surface area contributed by atoms with Gasteiger partial charge in [0, 0.05) is 26.1 Å². The fraction of sp³-hybridized carbons (Fsp3) is 0.333. The maximum atomic E-state index is 13.6. The molecule has 0 spiro atoms. The molecule has 0 bridgehead atoms. The van der Waals surface area contributed by atoms with Gasteiger partial charge in [0.2, 0.25) is 0 Å². The molecule has 32 heavy (non-hydrogen) atoms. The molecular formula is C24H27FN4O3. The van der Waals surface area contributed by atoms with Crippen LogP contribution in [0.2, 0.25) is 0 Å². The summed E-state index contributed by atoms with van der Waals surface area (Å²) >= 11 is 0. The minimum absolute atomic E-state index is 0.272. The largest absolute Gasteiger partial charge is 0.487 e. The van der Waals surface area contributed by atoms with Crippen molar-refractivity contribution in [2.24, 2.45) is 7.05 Å². The van der Waals surface area contributed by atoms with Crippen LogP contribution in [0.4, 0.5) is 4.39 Å². The summed E-state index contributed by atoms with van der Waals surface area (Å²) in [5, 5.41) is 14.2. The quantitative estimate of drug-likeness (QED) is 0.592. The number of carbonyl (C=O) groups excluding carboxylic acids is 1. The molecule has 7 nitrogen and oxygen atoms in total. The fourth-order valence-electron chi connectivity index (χ4n) is 4.33. The number of carbonyl (C=O) groups is 1. The third-order valence-electron chi connectivity index (χ3n) is 5.86. The number of imidazole rings is 1. The highest BCUT2D eigenvalue weighted by Gasteiger charge is 2.46. The van der Waals surface area contributed by atoms with Gasteiger partial charge in [-0.15, -0.1) is 0 Å². The molecule has 3 aromatic rings. The van der Waals surface area contributed by atoms with E-state index in [4.69, 9.17) is 4.74 Å². The Morgan fingerprint density at radius 3 is 2.75 bits per heavy atom. The molecule has 0 aliphatic heterocycles. The second-order valence-electron chi connectivity index (χ2n) is 8.20. The van der Waals surface area contributed by atoms with Gasteiger partial charge in [-0.3, -0.25) is 9.69 Å². The van der Waals surface area contributed by atoms with E-state index < -0.39 is 24.1 Å². The standard InChI is InChI=1S/C24H27FN4O3/c1-28(14-16-7-4-3-5-8-16)22-19(27-24(31)20-13-26-15-29(20)2)12-21(23(22)30)32-18-10-6-9-17(25)11-18/h3-11,13,15,19,21-23,30H,12,14H2,1-2H3,(H,27,31)/t19-,21-,22+,23+/m1/s1. The summed E-state index contributed by atoms with van der Waals surface area (Å²) in [6, 6.07) is 15.0. The maximum absolute atomic E-state index is 13.6. The van der Waals surface area contributed by atoms with Gasteiger partial charge in [-0.2, -0.15) is 0 Å². The molecule has 0 unspecified atom stereocenters. The molecule has 4 atom stereocenters. The first-order chi connectivity index (χ1) is 15.4. The van der Waals surface area contributed by atoms with E-state index >= 15 is 0 Å². The molecule has 8 heteroatoms. The molecule has 2 N–H and O–H groups in total. The zero-order valence-electron chi connectivity index (χ0n) is 18.1. The lowest BCUT2D eigenvalue weighted by Crippen LogP contribution is -2.52. The molecule has 1 aliphatic carbocycles. The van der Waals surface area contributed by atoms with E-state index in [1.54, 1.807) is 30.1 Å². The fourth-order valence-corrected chi connectivity index (χ4v) is 4.33. The van der Waals surface area contributed by atoms with Gasteiger partial charge in [-0.05, 0) is 24.7 Å². The zero-order valence-corrected chi connectivity index (χ0v) is 18.1. The number of aryl methyl sites for hydroxylation is 1. The summed E-state index contributed by atoms with van der Waals surface area (Å²) in [7, 11) is 3.66. The van der Waals surface area contributed by atoms with Crippen LogP contribution in [0.1, 0.15) is 22.5 Å². The maximum Gasteiger partial charge on any atom is 0.269 e. The number of benzene rings is 2. The molecule has 4 rings (SSSR count). The SMILES string of the molecule is CN(Cc1ccccc1)[C@@H]1[C@@H](O)[C@H](Oc2cccc(F)c2)C[C@H]1NC(=O)c1cncn1C. The number of ether oxygens (including phenoxy) is 1. The average molecular weight is 439 g/mol. The number of aliphatic hydroxyl groups is 1. The van der Waals surface area contributed by atoms with Gasteiger partial charge in [-0.25, -0.2) is 9.37 Å². The van der Waals surface area contributed by atoms with Gasteiger partial charge >= 0.3 is 0 Å². The number of nitrogens with one attached hydrogen (secondary N) is 1. The van der Waals surface area contributed by atoms with E-state index in [2.05, 4.69) is 10.3 Å². The zero-order chi connectivity index (χ0) is 22.7. The third-order valence-corrected chi connectivity index (χ3v) is 5.86. The highest BCUT2D eigenvalue weighted by Crippen LogP contribution is 2.30. The van der Waals surface area contributed by atoms with Crippen molar-refractivity contribution in [2.45, 2.75) is 37.3 Å². The van der Waals surface area contributed by atoms with Crippen molar-refractivity contribution in [2.75, 3.05) is 7.05 Å². The average Bonchev–Trinajstić information content (AvgIpc) is 3.32. The molecule has 0 saturated heterocycles. The van der Waals surface area contributed by atoms with E-state index in [-0.39, 0.29) is 11.9 Å². The minimum atomic E-state index is -0.885. The molecule has 1 saturated carbocycles. The van der Waals surface area contributed by atoms with Gasteiger partial charge in [0.25, 0.3) is 5.91 Å². The van der Waals surface area contributed by atoms with Crippen molar-refractivity contribution in [3.63, 3.8) is 0 Å². The monoisotopic (exact) mass is 438 g/mol. The van der Waals surface area contributed by atoms with Crippen molar-refractivity contribution in [1.29, 1.82) is 0 Å². The lowest BCUT2D eigenvalue weighted by Gasteiger charge is -2.32. The van der Waals surface area contributed by atoms with Crippen LogP contribution < -0.4 is 10.1 Å². The van der Waals surface area contributed by atoms with Gasteiger partial charge in [0.05, 0.1) is 24.6 Å². The number of likely N-dealkylation sites (N-methyl/N-ethyl adjacent to an activating group) is 1. The van der Waals surface area contributed by atoms with Gasteiger partial charge in [0.1, 0.15) is 29.5 Å². The molecule has 1 aromatic heterocycles. The Bertz CT molecular complexity index is 1060. The van der Waals surface area contributed by atoms with E-state index in [0.29, 0.717) is 24.4 Å². The normalized spacial score (nSPS) is 22.8.